The van der Waals surface area contributed by atoms with Crippen LogP contribution in [0.1, 0.15) is 115 Å². The van der Waals surface area contributed by atoms with Crippen LogP contribution in [0.2, 0.25) is 0 Å². The molecule has 0 saturated carbocycles. The molecule has 4 heteroatoms. The molecule has 2 aromatic rings. The molecule has 0 N–H and O–H groups in total. The van der Waals surface area contributed by atoms with E-state index in [2.05, 4.69) is 13.8 Å². The number of carbonyl (C=O) groups is 2. The average molecular weight is 469 g/mol. The second-order valence-corrected chi connectivity index (χ2v) is 9.44. The van der Waals surface area contributed by atoms with Gasteiger partial charge < -0.3 is 9.47 Å². The van der Waals surface area contributed by atoms with Crippen LogP contribution < -0.4 is 9.47 Å². The minimum absolute atomic E-state index is 0.198. The van der Waals surface area contributed by atoms with Gasteiger partial charge in [-0.15, -0.1) is 0 Å². The zero-order valence-corrected chi connectivity index (χ0v) is 21.8. The van der Waals surface area contributed by atoms with Crippen molar-refractivity contribution in [2.24, 2.45) is 0 Å². The second-order valence-electron chi connectivity index (χ2n) is 9.44. The highest BCUT2D eigenvalue weighted by Gasteiger charge is 2.20. The van der Waals surface area contributed by atoms with Crippen LogP contribution in [0.25, 0.3) is 10.8 Å². The summed E-state index contributed by atoms with van der Waals surface area (Å²) in [6, 6.07) is 7.70. The van der Waals surface area contributed by atoms with E-state index >= 15 is 0 Å². The standard InChI is InChI=1S/C30H44O4/c1-5-7-9-11-13-15-21-27(31)33-29-23(3)24(4)30(26-20-18-17-19-25(26)29)34-28(32)22-16-14-12-10-8-6-2/h17-20H,5-16,21-22H2,1-4H3. The molecule has 0 heterocycles. The molecule has 2 aromatic carbocycles. The fraction of sp³-hybridized carbons (Fsp3) is 0.600. The zero-order chi connectivity index (χ0) is 24.8. The number of carbonyl (C=O) groups excluding carboxylic acids is 2. The highest BCUT2D eigenvalue weighted by atomic mass is 16.5. The van der Waals surface area contributed by atoms with Gasteiger partial charge in [0, 0.05) is 23.6 Å². The zero-order valence-electron chi connectivity index (χ0n) is 21.8. The number of fused-ring (bicyclic) bond motifs is 1. The lowest BCUT2D eigenvalue weighted by molar-refractivity contribution is -0.135. The molecular weight excluding hydrogens is 424 g/mol. The van der Waals surface area contributed by atoms with Gasteiger partial charge in [0.15, 0.2) is 0 Å². The highest BCUT2D eigenvalue weighted by molar-refractivity contribution is 5.98. The van der Waals surface area contributed by atoms with Crippen LogP contribution in [0.3, 0.4) is 0 Å². The lowest BCUT2D eigenvalue weighted by Gasteiger charge is -2.18. The van der Waals surface area contributed by atoms with E-state index in [4.69, 9.17) is 9.47 Å². The molecule has 0 radical (unpaired) electrons. The third kappa shape index (κ3) is 8.77. The van der Waals surface area contributed by atoms with Gasteiger partial charge in [0.1, 0.15) is 11.5 Å². The Bertz CT molecular complexity index is 841. The number of ether oxygens (including phenoxy) is 2. The van der Waals surface area contributed by atoms with Crippen molar-refractivity contribution in [3.05, 3.63) is 35.4 Å². The van der Waals surface area contributed by atoms with E-state index in [1.165, 1.54) is 51.4 Å². The van der Waals surface area contributed by atoms with Gasteiger partial charge in [-0.25, -0.2) is 0 Å². The molecular formula is C30H44O4. The number of esters is 2. The Hall–Kier alpha value is -2.36. The molecule has 0 unspecified atom stereocenters. The highest BCUT2D eigenvalue weighted by Crippen LogP contribution is 2.40. The minimum atomic E-state index is -0.198. The number of benzene rings is 2. The predicted octanol–water partition coefficient (Wildman–Crippen LogP) is 8.77. The van der Waals surface area contributed by atoms with E-state index < -0.39 is 0 Å². The molecule has 0 spiro atoms. The van der Waals surface area contributed by atoms with Crippen molar-refractivity contribution in [2.75, 3.05) is 0 Å². The molecule has 34 heavy (non-hydrogen) atoms. The molecule has 4 nitrogen and oxygen atoms in total. The van der Waals surface area contributed by atoms with Gasteiger partial charge >= 0.3 is 11.9 Å². The molecule has 0 aliphatic carbocycles. The topological polar surface area (TPSA) is 52.6 Å². The quantitative estimate of drug-likeness (QED) is 0.140. The molecule has 0 aromatic heterocycles. The first-order valence-corrected chi connectivity index (χ1v) is 13.4. The summed E-state index contributed by atoms with van der Waals surface area (Å²) in [6.45, 7) is 8.27. The van der Waals surface area contributed by atoms with E-state index in [-0.39, 0.29) is 11.9 Å². The first-order valence-electron chi connectivity index (χ1n) is 13.4. The van der Waals surface area contributed by atoms with Crippen LogP contribution in [0.5, 0.6) is 11.5 Å². The van der Waals surface area contributed by atoms with Crippen LogP contribution in [0.15, 0.2) is 24.3 Å². The van der Waals surface area contributed by atoms with Crippen molar-refractivity contribution >= 4 is 22.7 Å². The lowest BCUT2D eigenvalue weighted by atomic mass is 9.99. The van der Waals surface area contributed by atoms with Gasteiger partial charge in [0.05, 0.1) is 0 Å². The molecule has 2 rings (SSSR count). The van der Waals surface area contributed by atoms with Crippen LogP contribution in [-0.2, 0) is 9.59 Å². The summed E-state index contributed by atoms with van der Waals surface area (Å²) >= 11 is 0. The Balaban J connectivity index is 2.05. The predicted molar refractivity (Wildman–Crippen MR) is 141 cm³/mol. The maximum atomic E-state index is 12.6. The summed E-state index contributed by atoms with van der Waals surface area (Å²) in [5.74, 6) is 0.770. The summed E-state index contributed by atoms with van der Waals surface area (Å²) in [5, 5.41) is 1.62. The summed E-state index contributed by atoms with van der Waals surface area (Å²) < 4.78 is 11.7. The Kier molecular flexibility index (Phi) is 12.7. The fourth-order valence-corrected chi connectivity index (χ4v) is 4.32. The molecule has 188 valence electrons. The van der Waals surface area contributed by atoms with Crippen LogP contribution in [0, 0.1) is 13.8 Å². The van der Waals surface area contributed by atoms with Crippen molar-refractivity contribution in [2.45, 2.75) is 118 Å². The van der Waals surface area contributed by atoms with E-state index in [1.54, 1.807) is 0 Å². The summed E-state index contributed by atoms with van der Waals surface area (Å²) in [4.78, 5) is 25.2. The number of hydrogen-bond acceptors (Lipinski definition) is 4. The van der Waals surface area contributed by atoms with Crippen LogP contribution in [-0.4, -0.2) is 11.9 Å². The smallest absolute Gasteiger partial charge is 0.311 e. The lowest BCUT2D eigenvalue weighted by Crippen LogP contribution is -2.12. The second kappa shape index (κ2) is 15.5. The van der Waals surface area contributed by atoms with E-state index in [1.807, 2.05) is 38.1 Å². The maximum Gasteiger partial charge on any atom is 0.311 e. The summed E-state index contributed by atoms with van der Waals surface area (Å²) in [7, 11) is 0. The van der Waals surface area contributed by atoms with E-state index in [0.717, 1.165) is 47.6 Å². The first-order chi connectivity index (χ1) is 16.5. The SMILES string of the molecule is CCCCCCCCC(=O)Oc1c(C)c(C)c(OC(=O)CCCCCCCC)c2ccccc12. The number of unbranched alkanes of at least 4 members (excludes halogenated alkanes) is 10. The molecule has 0 fully saturated rings. The van der Waals surface area contributed by atoms with Crippen molar-refractivity contribution < 1.29 is 19.1 Å². The molecule has 0 aliphatic heterocycles. The van der Waals surface area contributed by atoms with E-state index in [9.17, 15) is 9.59 Å². The fourth-order valence-electron chi connectivity index (χ4n) is 4.32. The molecule has 0 aliphatic rings. The van der Waals surface area contributed by atoms with Crippen molar-refractivity contribution in [3.63, 3.8) is 0 Å². The maximum absolute atomic E-state index is 12.6. The van der Waals surface area contributed by atoms with Gasteiger partial charge in [-0.05, 0) is 37.8 Å². The first kappa shape index (κ1) is 27.9. The van der Waals surface area contributed by atoms with Gasteiger partial charge in [-0.3, -0.25) is 9.59 Å². The Morgan fingerprint density at radius 1 is 0.588 bits per heavy atom. The van der Waals surface area contributed by atoms with Crippen molar-refractivity contribution in [1.82, 2.24) is 0 Å². The Morgan fingerprint density at radius 2 is 0.941 bits per heavy atom. The molecule has 0 atom stereocenters. The number of rotatable bonds is 16. The van der Waals surface area contributed by atoms with Crippen LogP contribution in [0.4, 0.5) is 0 Å². The third-order valence-electron chi connectivity index (χ3n) is 6.56. The van der Waals surface area contributed by atoms with Gasteiger partial charge in [-0.2, -0.15) is 0 Å². The average Bonchev–Trinajstić information content (AvgIpc) is 2.84. The van der Waals surface area contributed by atoms with Crippen molar-refractivity contribution in [1.29, 1.82) is 0 Å². The molecule has 0 bridgehead atoms. The van der Waals surface area contributed by atoms with E-state index in [0.29, 0.717) is 24.3 Å². The normalized spacial score (nSPS) is 11.1. The largest absolute Gasteiger partial charge is 0.426 e. The minimum Gasteiger partial charge on any atom is -0.426 e. The Morgan fingerprint density at radius 3 is 1.32 bits per heavy atom. The van der Waals surface area contributed by atoms with Gasteiger partial charge in [0.2, 0.25) is 0 Å². The summed E-state index contributed by atoms with van der Waals surface area (Å²) in [6.07, 6.45) is 14.4. The molecule has 0 saturated heterocycles. The molecule has 0 amide bonds. The van der Waals surface area contributed by atoms with Gasteiger partial charge in [0.25, 0.3) is 0 Å². The Labute approximate surface area is 206 Å². The van der Waals surface area contributed by atoms with Crippen LogP contribution >= 0.6 is 0 Å². The number of hydrogen-bond donors (Lipinski definition) is 0. The summed E-state index contributed by atoms with van der Waals surface area (Å²) in [5.41, 5.74) is 1.69. The monoisotopic (exact) mass is 468 g/mol. The van der Waals surface area contributed by atoms with Crippen molar-refractivity contribution in [3.8, 4) is 11.5 Å². The third-order valence-corrected chi connectivity index (χ3v) is 6.56. The van der Waals surface area contributed by atoms with Gasteiger partial charge in [-0.1, -0.05) is 102 Å².